The fourth-order valence-electron chi connectivity index (χ4n) is 3.85. The second-order valence-corrected chi connectivity index (χ2v) is 9.74. The average Bonchev–Trinajstić information content (AvgIpc) is 2.83. The molecule has 7 nitrogen and oxygen atoms in total. The summed E-state index contributed by atoms with van der Waals surface area (Å²) in [5, 5.41) is 5.89. The van der Waals surface area contributed by atoms with Crippen LogP contribution in [0.25, 0.3) is 0 Å². The maximum atomic E-state index is 13.1. The topological polar surface area (TPSA) is 73.9 Å². The first-order valence-corrected chi connectivity index (χ1v) is 12.1. The fourth-order valence-corrected chi connectivity index (χ4v) is 3.97. The predicted octanol–water partition coefficient (Wildman–Crippen LogP) is 4.36. The minimum absolute atomic E-state index is 0.00354. The highest BCUT2D eigenvalue weighted by Crippen LogP contribution is 2.31. The van der Waals surface area contributed by atoms with Crippen LogP contribution in [0.15, 0.2) is 42.5 Å². The molecule has 1 aliphatic rings. The largest absolute Gasteiger partial charge is 0.495 e. The van der Waals surface area contributed by atoms with Crippen molar-refractivity contribution in [3.63, 3.8) is 0 Å². The molecule has 2 amide bonds. The summed E-state index contributed by atoms with van der Waals surface area (Å²) in [6.07, 6.45) is 0. The zero-order valence-corrected chi connectivity index (χ0v) is 21.4. The van der Waals surface area contributed by atoms with Crippen molar-refractivity contribution in [3.8, 4) is 5.75 Å². The number of hydrogen-bond acceptors (Lipinski definition) is 5. The molecule has 0 radical (unpaired) electrons. The molecule has 1 fully saturated rings. The molecular weight excluding hydrogens is 452 g/mol. The average molecular weight is 487 g/mol. The van der Waals surface area contributed by atoms with E-state index in [4.69, 9.17) is 16.3 Å². The van der Waals surface area contributed by atoms with Gasteiger partial charge in [0.1, 0.15) is 5.75 Å². The zero-order valence-electron chi connectivity index (χ0n) is 20.7. The number of para-hydroxylation sites is 2. The van der Waals surface area contributed by atoms with Gasteiger partial charge >= 0.3 is 0 Å². The van der Waals surface area contributed by atoms with Crippen LogP contribution in [0, 0.1) is 5.41 Å². The summed E-state index contributed by atoms with van der Waals surface area (Å²) >= 11 is 5.95. The summed E-state index contributed by atoms with van der Waals surface area (Å²) in [4.78, 5) is 30.2. The van der Waals surface area contributed by atoms with Gasteiger partial charge in [-0.1, -0.05) is 12.1 Å². The quantitative estimate of drug-likeness (QED) is 0.542. The van der Waals surface area contributed by atoms with Gasteiger partial charge in [-0.05, 0) is 58.0 Å². The van der Waals surface area contributed by atoms with Crippen LogP contribution < -0.4 is 25.2 Å². The molecule has 1 saturated heterocycles. The van der Waals surface area contributed by atoms with Gasteiger partial charge in [-0.25, -0.2) is 0 Å². The third-order valence-electron chi connectivity index (χ3n) is 5.91. The van der Waals surface area contributed by atoms with E-state index in [-0.39, 0.29) is 23.7 Å². The number of halogens is 1. The summed E-state index contributed by atoms with van der Waals surface area (Å²) in [7, 11) is 1.68. The van der Waals surface area contributed by atoms with Crippen molar-refractivity contribution in [2.75, 3.05) is 54.3 Å². The van der Waals surface area contributed by atoms with E-state index < -0.39 is 5.41 Å². The molecule has 0 aromatic heterocycles. The normalized spacial score (nSPS) is 14.2. The summed E-state index contributed by atoms with van der Waals surface area (Å²) in [5.74, 6) is 0.710. The van der Waals surface area contributed by atoms with Crippen LogP contribution in [0.4, 0.5) is 17.1 Å². The Morgan fingerprint density at radius 3 is 2.24 bits per heavy atom. The standard InChI is InChI=1S/C26H35ClN4O3/c1-18(2)28-24(32)20-16-19(29-25(33)26(3,4)17-27)10-11-21(20)30-12-14-31(15-13-30)22-8-6-7-9-23(22)34-5/h6-11,16,18H,12-15,17H2,1-5H3,(H,28,32)(H,29,33). The Kier molecular flexibility index (Phi) is 8.31. The van der Waals surface area contributed by atoms with Crippen LogP contribution in [0.2, 0.25) is 0 Å². The van der Waals surface area contributed by atoms with Gasteiger partial charge in [-0.15, -0.1) is 11.6 Å². The highest BCUT2D eigenvalue weighted by Gasteiger charge is 2.28. The Hall–Kier alpha value is -2.93. The lowest BCUT2D eigenvalue weighted by Gasteiger charge is -2.38. The molecule has 0 unspecified atom stereocenters. The number of carbonyl (C=O) groups excluding carboxylic acids is 2. The van der Waals surface area contributed by atoms with Gasteiger partial charge in [0, 0.05) is 49.5 Å². The Bertz CT molecular complexity index is 1020. The molecule has 0 bridgehead atoms. The molecule has 0 aliphatic carbocycles. The molecule has 8 heteroatoms. The molecule has 2 aromatic carbocycles. The van der Waals surface area contributed by atoms with Crippen LogP contribution in [-0.2, 0) is 4.79 Å². The minimum Gasteiger partial charge on any atom is -0.495 e. The van der Waals surface area contributed by atoms with Gasteiger partial charge in [-0.2, -0.15) is 0 Å². The minimum atomic E-state index is -0.713. The number of methoxy groups -OCH3 is 1. The van der Waals surface area contributed by atoms with Crippen molar-refractivity contribution in [3.05, 3.63) is 48.0 Å². The van der Waals surface area contributed by atoms with E-state index in [0.29, 0.717) is 11.3 Å². The second-order valence-electron chi connectivity index (χ2n) is 9.48. The van der Waals surface area contributed by atoms with Crippen LogP contribution in [0.5, 0.6) is 5.75 Å². The summed E-state index contributed by atoms with van der Waals surface area (Å²) in [6, 6.07) is 13.5. The van der Waals surface area contributed by atoms with Gasteiger partial charge < -0.3 is 25.2 Å². The van der Waals surface area contributed by atoms with Crippen molar-refractivity contribution >= 4 is 40.5 Å². The number of nitrogens with zero attached hydrogens (tertiary/aromatic N) is 2. The Balaban J connectivity index is 1.83. The third kappa shape index (κ3) is 5.95. The van der Waals surface area contributed by atoms with Crippen molar-refractivity contribution < 1.29 is 14.3 Å². The predicted molar refractivity (Wildman–Crippen MR) is 140 cm³/mol. The number of hydrogen-bond donors (Lipinski definition) is 2. The lowest BCUT2D eigenvalue weighted by atomic mass is 9.95. The van der Waals surface area contributed by atoms with Crippen molar-refractivity contribution in [1.82, 2.24) is 5.32 Å². The van der Waals surface area contributed by atoms with Gasteiger partial charge in [0.05, 0.1) is 23.8 Å². The SMILES string of the molecule is COc1ccccc1N1CCN(c2ccc(NC(=O)C(C)(C)CCl)cc2C(=O)NC(C)C)CC1. The van der Waals surface area contributed by atoms with Gasteiger partial charge in [0.2, 0.25) is 5.91 Å². The number of anilines is 3. The van der Waals surface area contributed by atoms with E-state index >= 15 is 0 Å². The molecule has 2 N–H and O–H groups in total. The monoisotopic (exact) mass is 486 g/mol. The van der Waals surface area contributed by atoms with Crippen molar-refractivity contribution in [2.45, 2.75) is 33.7 Å². The Morgan fingerprint density at radius 1 is 1.03 bits per heavy atom. The number of nitrogens with one attached hydrogen (secondary N) is 2. The fraction of sp³-hybridized carbons (Fsp3) is 0.462. The van der Waals surface area contributed by atoms with Crippen LogP contribution in [0.3, 0.4) is 0 Å². The highest BCUT2D eigenvalue weighted by atomic mass is 35.5. The summed E-state index contributed by atoms with van der Waals surface area (Å²) in [5.41, 5.74) is 2.33. The molecule has 184 valence electrons. The van der Waals surface area contributed by atoms with Crippen LogP contribution in [0.1, 0.15) is 38.1 Å². The number of carbonyl (C=O) groups is 2. The zero-order chi connectivity index (χ0) is 24.9. The highest BCUT2D eigenvalue weighted by molar-refractivity contribution is 6.20. The number of benzene rings is 2. The number of amides is 2. The summed E-state index contributed by atoms with van der Waals surface area (Å²) in [6.45, 7) is 10.5. The molecule has 0 atom stereocenters. The molecule has 34 heavy (non-hydrogen) atoms. The summed E-state index contributed by atoms with van der Waals surface area (Å²) < 4.78 is 5.52. The first-order valence-electron chi connectivity index (χ1n) is 11.6. The molecule has 1 heterocycles. The van der Waals surface area contributed by atoms with Crippen molar-refractivity contribution in [2.24, 2.45) is 5.41 Å². The smallest absolute Gasteiger partial charge is 0.253 e. The van der Waals surface area contributed by atoms with E-state index in [1.807, 2.05) is 44.2 Å². The lowest BCUT2D eigenvalue weighted by molar-refractivity contribution is -0.122. The third-order valence-corrected chi connectivity index (χ3v) is 6.58. The number of alkyl halides is 1. The Morgan fingerprint density at radius 2 is 1.65 bits per heavy atom. The number of piperazine rings is 1. The molecule has 2 aromatic rings. The first kappa shape index (κ1) is 25.7. The van der Waals surface area contributed by atoms with E-state index in [1.165, 1.54) is 0 Å². The van der Waals surface area contributed by atoms with Crippen LogP contribution in [-0.4, -0.2) is 57.0 Å². The Labute approximate surface area is 207 Å². The molecule has 1 aliphatic heterocycles. The number of rotatable bonds is 8. The maximum Gasteiger partial charge on any atom is 0.253 e. The van der Waals surface area contributed by atoms with Crippen molar-refractivity contribution in [1.29, 1.82) is 0 Å². The lowest BCUT2D eigenvalue weighted by Crippen LogP contribution is -2.47. The molecule has 3 rings (SSSR count). The maximum absolute atomic E-state index is 13.1. The van der Waals surface area contributed by atoms with Gasteiger partial charge in [0.25, 0.3) is 5.91 Å². The van der Waals surface area contributed by atoms with Crippen LogP contribution >= 0.6 is 11.6 Å². The molecule has 0 spiro atoms. The van der Waals surface area contributed by atoms with E-state index in [0.717, 1.165) is 43.3 Å². The van der Waals surface area contributed by atoms with E-state index in [9.17, 15) is 9.59 Å². The second kappa shape index (κ2) is 11.0. The molecular formula is C26H35ClN4O3. The van der Waals surface area contributed by atoms with E-state index in [2.05, 4.69) is 26.5 Å². The van der Waals surface area contributed by atoms with Gasteiger partial charge in [0.15, 0.2) is 0 Å². The van der Waals surface area contributed by atoms with E-state index in [1.54, 1.807) is 27.0 Å². The number of ether oxygens (including phenoxy) is 1. The molecule has 0 saturated carbocycles. The van der Waals surface area contributed by atoms with Gasteiger partial charge in [-0.3, -0.25) is 9.59 Å². The first-order chi connectivity index (χ1) is 16.2.